The van der Waals surface area contributed by atoms with Crippen molar-refractivity contribution in [3.8, 4) is 23.0 Å². The third-order valence-electron chi connectivity index (χ3n) is 27.2. The Labute approximate surface area is 775 Å². The van der Waals surface area contributed by atoms with Crippen LogP contribution in [0.15, 0.2) is 146 Å². The Morgan fingerprint density at radius 1 is 0.351 bits per heavy atom. The van der Waals surface area contributed by atoms with Gasteiger partial charge < -0.3 is 69.3 Å². The Morgan fingerprint density at radius 2 is 0.595 bits per heavy atom. The molecule has 6 heterocycles. The molecule has 0 spiro atoms. The molecule has 29 heteroatoms. The number of halogens is 1. The number of nitrogens with zero attached hydrogens (tertiary/aromatic N) is 6. The monoisotopic (exact) mass is 1820 g/mol. The molecule has 4 unspecified atom stereocenters. The van der Waals surface area contributed by atoms with Crippen LogP contribution in [0.5, 0.6) is 23.0 Å². The van der Waals surface area contributed by atoms with Gasteiger partial charge in [-0.2, -0.15) is 0 Å². The predicted molar refractivity (Wildman–Crippen MR) is 503 cm³/mol. The topological polar surface area (TPSA) is 360 Å². The first-order valence-electron chi connectivity index (χ1n) is 46.1. The van der Waals surface area contributed by atoms with Gasteiger partial charge in [-0.3, -0.25) is 29.2 Å². The Kier molecular flexibility index (Phi) is 36.0. The number of methoxy groups -OCH3 is 3. The molecule has 16 rings (SSSR count). The number of aryl methyl sites for hydroxylation is 4. The molecule has 7 N–H and O–H groups in total. The third-order valence-corrected chi connectivity index (χ3v) is 27.2. The highest BCUT2D eigenvalue weighted by atomic mass is 35.5. The van der Waals surface area contributed by atoms with Crippen LogP contribution in [0.25, 0.3) is 0 Å². The predicted octanol–water partition coefficient (Wildman–Crippen LogP) is 16.5. The van der Waals surface area contributed by atoms with Crippen molar-refractivity contribution in [2.45, 2.75) is 233 Å². The van der Waals surface area contributed by atoms with Crippen molar-refractivity contribution in [2.75, 3.05) is 89.0 Å². The van der Waals surface area contributed by atoms with Crippen molar-refractivity contribution >= 4 is 83.1 Å². The molecule has 2 saturated heterocycles. The lowest BCUT2D eigenvalue weighted by molar-refractivity contribution is -0.127. The lowest BCUT2D eigenvalue weighted by Crippen LogP contribution is -2.44. The van der Waals surface area contributed by atoms with Gasteiger partial charge in [-0.1, -0.05) is 104 Å². The fraction of sp³-hybridized carbons (Fsp3) is 0.490. The molecular formula is C102H130ClN11O17. The van der Waals surface area contributed by atoms with Crippen LogP contribution >= 0.6 is 12.4 Å². The van der Waals surface area contributed by atoms with Crippen molar-refractivity contribution < 1.29 is 81.8 Å². The average molecular weight is 1820 g/mol. The van der Waals surface area contributed by atoms with Gasteiger partial charge in [-0.05, 0) is 259 Å². The number of hydrogen-bond acceptors (Lipinski definition) is 23. The highest BCUT2D eigenvalue weighted by Gasteiger charge is 2.41. The van der Waals surface area contributed by atoms with E-state index in [1.807, 2.05) is 94.4 Å². The number of aliphatic hydroxyl groups is 1. The van der Waals surface area contributed by atoms with Gasteiger partial charge in [-0.25, -0.2) is 39.8 Å². The zero-order chi connectivity index (χ0) is 92.5. The first kappa shape index (κ1) is 100. The highest BCUT2D eigenvalue weighted by molar-refractivity contribution is 5.97. The molecular weight excluding hydrogens is 1690 g/mol. The van der Waals surface area contributed by atoms with Crippen LogP contribution in [0, 0.1) is 21.7 Å². The number of nitrogens with one attached hydrogen (secondary N) is 5. The summed E-state index contributed by atoms with van der Waals surface area (Å²) in [5.74, 6) is 3.58. The van der Waals surface area contributed by atoms with Crippen LogP contribution in [0.2, 0.25) is 0 Å². The second-order valence-electron chi connectivity index (χ2n) is 36.3. The number of benzene rings is 4. The molecule has 28 nitrogen and oxygen atoms in total. The number of carbonyl (C=O) groups is 8. The maximum Gasteiger partial charge on any atom is 0.337 e. The van der Waals surface area contributed by atoms with Gasteiger partial charge in [0.2, 0.25) is 23.6 Å². The van der Waals surface area contributed by atoms with E-state index in [1.54, 1.807) is 84.9 Å². The SMILES string of the molecule is CCN1CCC(C)(C(=O)Nc2cc(OC3CCc4cc(C(=O)NO)ccc4C3)ccn2)CC1.CCN1CCC(C)(C(=O)Nc2cc(OC3CCc4cc(C(=O)OC)ccc4C3)ccn2)CC1.CO.COC(=O)c1ccc2c(c1)CCC(Oc1ccnc(NC(=O)C3(C)CCCCC3)c1)C2.COC(=O)c1ccc2c(c1)CCC(Oc1ccnc(NC(=O)C3(C)CCCCC3)c1)C2.Cl. The van der Waals surface area contributed by atoms with E-state index in [0.29, 0.717) is 68.5 Å². The van der Waals surface area contributed by atoms with E-state index in [-0.39, 0.29) is 100 Å². The van der Waals surface area contributed by atoms with Crippen LogP contribution in [0.1, 0.15) is 243 Å². The van der Waals surface area contributed by atoms with E-state index >= 15 is 0 Å². The minimum atomic E-state index is -0.507. The molecule has 131 heavy (non-hydrogen) atoms. The number of hydrogen-bond donors (Lipinski definition) is 7. The molecule has 4 atom stereocenters. The Hall–Kier alpha value is -11.4. The Balaban J connectivity index is 0.000000167. The first-order valence-corrected chi connectivity index (χ1v) is 46.1. The zero-order valence-electron chi connectivity index (χ0n) is 77.4. The van der Waals surface area contributed by atoms with E-state index in [0.717, 1.165) is 212 Å². The number of fused-ring (bicyclic) bond motifs is 4. The lowest BCUT2D eigenvalue weighted by Gasteiger charge is -2.37. The molecule has 702 valence electrons. The van der Waals surface area contributed by atoms with Gasteiger partial charge in [0.25, 0.3) is 5.91 Å². The summed E-state index contributed by atoms with van der Waals surface area (Å²) < 4.78 is 39.3. The number of carbonyl (C=O) groups excluding carboxylic acids is 8. The van der Waals surface area contributed by atoms with E-state index in [2.05, 4.69) is 64.9 Å². The summed E-state index contributed by atoms with van der Waals surface area (Å²) in [7, 11) is 5.19. The molecule has 8 aliphatic rings. The summed E-state index contributed by atoms with van der Waals surface area (Å²) >= 11 is 0. The number of hydroxylamine groups is 1. The summed E-state index contributed by atoms with van der Waals surface area (Å²) in [6, 6.07) is 37.1. The number of piperidine rings is 2. The summed E-state index contributed by atoms with van der Waals surface area (Å²) in [4.78, 5) is 120. The third kappa shape index (κ3) is 26.9. The summed E-state index contributed by atoms with van der Waals surface area (Å²) in [6.07, 6.45) is 30.4. The largest absolute Gasteiger partial charge is 0.490 e. The lowest BCUT2D eigenvalue weighted by atomic mass is 9.75. The fourth-order valence-electron chi connectivity index (χ4n) is 18.6. The molecule has 4 fully saturated rings. The van der Waals surface area contributed by atoms with Crippen LogP contribution < -0.4 is 45.7 Å². The highest BCUT2D eigenvalue weighted by Crippen LogP contribution is 2.41. The van der Waals surface area contributed by atoms with Crippen LogP contribution in [0.3, 0.4) is 0 Å². The summed E-state index contributed by atoms with van der Waals surface area (Å²) in [5, 5.41) is 27.8. The molecule has 6 aliphatic carbocycles. The van der Waals surface area contributed by atoms with Crippen molar-refractivity contribution in [1.29, 1.82) is 0 Å². The smallest absolute Gasteiger partial charge is 0.337 e. The van der Waals surface area contributed by atoms with Crippen LogP contribution in [0.4, 0.5) is 23.3 Å². The van der Waals surface area contributed by atoms with Gasteiger partial charge in [-0.15, -0.1) is 12.4 Å². The Bertz CT molecular complexity index is 4940. The van der Waals surface area contributed by atoms with Crippen molar-refractivity contribution in [2.24, 2.45) is 21.7 Å². The standard InChI is InChI=1S/C26H33N3O4.C25H32N4O4.2C25H30N2O4.CH4O.ClH/c1-4-29-13-10-26(2,11-14-29)25(31)28-23-17-22(9-12-27-23)33-21-8-7-18-15-20(24(30)32-3)6-5-19(18)16-21;1-3-29-12-9-25(2,10-13-29)24(31)27-22-16-21(8-11-26-22)33-20-7-6-17-14-19(23(30)28-32)5-4-18(17)15-20;2*1-25(11-4-3-5-12-25)24(29)27-22-16-21(10-13-26-22)31-20-9-8-17-14-19(23(28)30-2)7-6-18(17)15-20;1-2;/h5-6,9,12,15,17,21H,4,7-8,10-11,13-14,16H2,1-3H3,(H,27,28,31);4-5,8,11,14,16,20,32H,3,6-7,9-10,12-13,15H2,1-2H3,(H,28,30)(H,26,27,31);2*6-7,10,13-14,16,20H,3-5,8-9,11-12,15H2,1-2H3,(H,26,27,29);2H,1H3;1H. The number of amides is 5. The van der Waals surface area contributed by atoms with Crippen LogP contribution in [-0.2, 0) is 84.8 Å². The summed E-state index contributed by atoms with van der Waals surface area (Å²) in [5.41, 5.74) is 11.8. The molecule has 0 bridgehead atoms. The summed E-state index contributed by atoms with van der Waals surface area (Å²) in [6.45, 7) is 18.3. The molecule has 0 radical (unpaired) electrons. The van der Waals surface area contributed by atoms with Crippen molar-refractivity contribution in [3.63, 3.8) is 0 Å². The van der Waals surface area contributed by atoms with E-state index in [9.17, 15) is 38.4 Å². The molecule has 4 aromatic heterocycles. The van der Waals surface area contributed by atoms with E-state index in [4.69, 9.17) is 43.5 Å². The molecule has 4 aromatic carbocycles. The van der Waals surface area contributed by atoms with Gasteiger partial charge in [0.1, 0.15) is 70.7 Å². The fourth-order valence-corrected chi connectivity index (χ4v) is 18.6. The maximum atomic E-state index is 13.0. The minimum absolute atomic E-state index is 0. The van der Waals surface area contributed by atoms with E-state index in [1.165, 1.54) is 67.6 Å². The van der Waals surface area contributed by atoms with Gasteiger partial charge in [0, 0.05) is 109 Å². The van der Waals surface area contributed by atoms with Gasteiger partial charge in [0.05, 0.1) is 38.0 Å². The normalized spacial score (nSPS) is 19.4. The number of likely N-dealkylation sites (tertiary alicyclic amines) is 2. The second-order valence-corrected chi connectivity index (χ2v) is 36.3. The second kappa shape index (κ2) is 47.1. The number of ether oxygens (including phenoxy) is 7. The van der Waals surface area contributed by atoms with Crippen LogP contribution in [-0.4, -0.2) is 180 Å². The van der Waals surface area contributed by atoms with Crippen molar-refractivity contribution in [1.82, 2.24) is 35.2 Å². The van der Waals surface area contributed by atoms with E-state index < -0.39 is 5.91 Å². The number of esters is 3. The van der Waals surface area contributed by atoms with Gasteiger partial charge in [0.15, 0.2) is 0 Å². The Morgan fingerprint density at radius 3 is 0.840 bits per heavy atom. The number of rotatable bonds is 22. The minimum Gasteiger partial charge on any atom is -0.490 e. The maximum absolute atomic E-state index is 13.0. The number of aliphatic hydroxyl groups excluding tert-OH is 1. The van der Waals surface area contributed by atoms with Crippen molar-refractivity contribution in [3.05, 3.63) is 213 Å². The molecule has 5 amide bonds. The molecule has 2 saturated carbocycles. The number of anilines is 4. The number of pyridine rings is 4. The van der Waals surface area contributed by atoms with Gasteiger partial charge >= 0.3 is 17.9 Å². The first-order chi connectivity index (χ1) is 62.7. The molecule has 8 aromatic rings. The quantitative estimate of drug-likeness (QED) is 0.0143. The molecule has 2 aliphatic heterocycles. The zero-order valence-corrected chi connectivity index (χ0v) is 78.2. The number of aromatic nitrogens is 4. The average Bonchev–Trinajstić information content (AvgIpc) is 0.788.